The summed E-state index contributed by atoms with van der Waals surface area (Å²) in [7, 11) is 3.30. The van der Waals surface area contributed by atoms with Gasteiger partial charge in [0.25, 0.3) is 0 Å². The molecule has 220 valence electrons. The van der Waals surface area contributed by atoms with Crippen molar-refractivity contribution in [2.24, 2.45) is 0 Å². The average Bonchev–Trinajstić information content (AvgIpc) is 3.35. The molecule has 0 radical (unpaired) electrons. The molecule has 7 nitrogen and oxygen atoms in total. The maximum absolute atomic E-state index is 13.0. The van der Waals surface area contributed by atoms with Gasteiger partial charge in [0, 0.05) is 38.0 Å². The number of ether oxygens (including phenoxy) is 3. The largest absolute Gasteiger partial charge is 0.493 e. The predicted molar refractivity (Wildman–Crippen MR) is 159 cm³/mol. The Hall–Kier alpha value is -2.93. The van der Waals surface area contributed by atoms with Crippen LogP contribution in [-0.4, -0.2) is 68.0 Å². The molecule has 0 aliphatic carbocycles. The number of carbonyl (C=O) groups excluding carboxylic acids is 2. The molecule has 0 saturated carbocycles. The topological polar surface area (TPSA) is 68.3 Å². The Bertz CT molecular complexity index is 1050. The summed E-state index contributed by atoms with van der Waals surface area (Å²) in [6, 6.07) is 16.0. The van der Waals surface area contributed by atoms with Crippen LogP contribution >= 0.6 is 11.6 Å². The lowest BCUT2D eigenvalue weighted by Crippen LogP contribution is -2.38. The minimum atomic E-state index is -0.413. The van der Waals surface area contributed by atoms with E-state index in [-0.39, 0.29) is 18.2 Å². The van der Waals surface area contributed by atoms with E-state index in [2.05, 4.69) is 19.1 Å². The molecule has 0 unspecified atom stereocenters. The third-order valence-corrected chi connectivity index (χ3v) is 7.47. The van der Waals surface area contributed by atoms with Gasteiger partial charge >= 0.3 is 12.2 Å². The first-order valence-electron chi connectivity index (χ1n) is 14.6. The van der Waals surface area contributed by atoms with Crippen molar-refractivity contribution < 1.29 is 23.8 Å². The van der Waals surface area contributed by atoms with E-state index in [4.69, 9.17) is 25.8 Å². The highest BCUT2D eigenvalue weighted by atomic mass is 35.5. The number of carbonyl (C=O) groups is 2. The summed E-state index contributed by atoms with van der Waals surface area (Å²) in [5.41, 5.74) is 2.36. The SMILES string of the molecule is CCCCCCCCOC(=O)N1C[C@H](OC(=O)N(C)C)C[C@H]1CCOc1cc(Cl)ccc1CCc1ccccc1. The van der Waals surface area contributed by atoms with E-state index in [0.717, 1.165) is 43.4 Å². The molecule has 2 aromatic rings. The van der Waals surface area contributed by atoms with Crippen LogP contribution in [0.25, 0.3) is 0 Å². The lowest BCUT2D eigenvalue weighted by atomic mass is 10.0. The molecular weight excluding hydrogens is 528 g/mol. The lowest BCUT2D eigenvalue weighted by molar-refractivity contribution is 0.0704. The van der Waals surface area contributed by atoms with E-state index in [0.29, 0.717) is 37.6 Å². The Morgan fingerprint density at radius 1 is 0.975 bits per heavy atom. The van der Waals surface area contributed by atoms with E-state index in [1.165, 1.54) is 29.7 Å². The fraction of sp³-hybridized carbons (Fsp3) is 0.562. The highest BCUT2D eigenvalue weighted by Crippen LogP contribution is 2.28. The summed E-state index contributed by atoms with van der Waals surface area (Å²) in [6.07, 6.45) is 8.47. The van der Waals surface area contributed by atoms with E-state index in [9.17, 15) is 9.59 Å². The Kier molecular flexibility index (Phi) is 13.4. The van der Waals surface area contributed by atoms with Gasteiger partial charge in [0.1, 0.15) is 11.9 Å². The summed E-state index contributed by atoms with van der Waals surface area (Å²) in [5, 5.41) is 0.620. The smallest absolute Gasteiger partial charge is 0.410 e. The van der Waals surface area contributed by atoms with Crippen molar-refractivity contribution in [3.05, 3.63) is 64.7 Å². The second kappa shape index (κ2) is 17.0. The van der Waals surface area contributed by atoms with Crippen molar-refractivity contribution in [3.63, 3.8) is 0 Å². The Morgan fingerprint density at radius 2 is 1.73 bits per heavy atom. The molecule has 8 heteroatoms. The maximum Gasteiger partial charge on any atom is 0.410 e. The summed E-state index contributed by atoms with van der Waals surface area (Å²) in [5.74, 6) is 0.759. The summed E-state index contributed by atoms with van der Waals surface area (Å²) in [6.45, 7) is 3.32. The number of aryl methyl sites for hydroxylation is 2. The van der Waals surface area contributed by atoms with Crippen LogP contribution in [0.3, 0.4) is 0 Å². The molecule has 1 heterocycles. The Labute approximate surface area is 244 Å². The third kappa shape index (κ3) is 10.6. The first kappa shape index (κ1) is 31.6. The highest BCUT2D eigenvalue weighted by molar-refractivity contribution is 6.30. The summed E-state index contributed by atoms with van der Waals surface area (Å²) in [4.78, 5) is 28.3. The molecule has 3 rings (SSSR count). The van der Waals surface area contributed by atoms with Gasteiger partial charge < -0.3 is 24.0 Å². The molecule has 0 N–H and O–H groups in total. The zero-order valence-electron chi connectivity index (χ0n) is 24.3. The van der Waals surface area contributed by atoms with Crippen LogP contribution < -0.4 is 4.74 Å². The van der Waals surface area contributed by atoms with Gasteiger partial charge in [-0.2, -0.15) is 0 Å². The van der Waals surface area contributed by atoms with Crippen molar-refractivity contribution >= 4 is 23.8 Å². The standard InChI is InChI=1S/C32H45ClN2O5/c1-4-5-6-7-8-12-20-39-32(37)35-24-29(40-31(36)34(2)3)23-28(35)19-21-38-30-22-27(33)18-17-26(30)16-15-25-13-10-9-11-14-25/h9-11,13-14,17-18,22,28-29H,4-8,12,15-16,19-21,23-24H2,1-3H3/t28-,29-/m1/s1. The predicted octanol–water partition coefficient (Wildman–Crippen LogP) is 7.53. The van der Waals surface area contributed by atoms with Crippen molar-refractivity contribution in [1.29, 1.82) is 0 Å². The monoisotopic (exact) mass is 572 g/mol. The molecule has 0 bridgehead atoms. The van der Waals surface area contributed by atoms with Crippen LogP contribution in [0.5, 0.6) is 5.75 Å². The molecule has 1 aliphatic heterocycles. The molecule has 2 amide bonds. The number of hydrogen-bond donors (Lipinski definition) is 0. The summed E-state index contributed by atoms with van der Waals surface area (Å²) >= 11 is 6.29. The molecule has 0 spiro atoms. The molecule has 2 aromatic carbocycles. The molecule has 40 heavy (non-hydrogen) atoms. The zero-order chi connectivity index (χ0) is 28.7. The van der Waals surface area contributed by atoms with Gasteiger partial charge in [-0.25, -0.2) is 9.59 Å². The van der Waals surface area contributed by atoms with Gasteiger partial charge in [0.05, 0.1) is 19.8 Å². The highest BCUT2D eigenvalue weighted by Gasteiger charge is 2.38. The summed E-state index contributed by atoms with van der Waals surface area (Å²) < 4.78 is 17.4. The van der Waals surface area contributed by atoms with Gasteiger partial charge in [-0.05, 0) is 42.5 Å². The van der Waals surface area contributed by atoms with Crippen LogP contribution in [0.4, 0.5) is 9.59 Å². The maximum atomic E-state index is 13.0. The average molecular weight is 573 g/mol. The molecule has 0 aromatic heterocycles. The van der Waals surface area contributed by atoms with Crippen LogP contribution in [0.1, 0.15) is 69.4 Å². The molecule has 1 fully saturated rings. The van der Waals surface area contributed by atoms with Gasteiger partial charge in [0.2, 0.25) is 0 Å². The normalized spacial score (nSPS) is 16.6. The Morgan fingerprint density at radius 3 is 2.48 bits per heavy atom. The van der Waals surface area contributed by atoms with E-state index >= 15 is 0 Å². The quantitative estimate of drug-likeness (QED) is 0.206. The van der Waals surface area contributed by atoms with E-state index in [1.807, 2.05) is 36.4 Å². The first-order valence-corrected chi connectivity index (χ1v) is 15.0. The number of rotatable bonds is 15. The number of halogens is 1. The number of amides is 2. The molecular formula is C32H45ClN2O5. The van der Waals surface area contributed by atoms with Crippen molar-refractivity contribution in [2.45, 2.75) is 83.3 Å². The van der Waals surface area contributed by atoms with Crippen LogP contribution in [-0.2, 0) is 22.3 Å². The minimum Gasteiger partial charge on any atom is -0.493 e. The third-order valence-electron chi connectivity index (χ3n) is 7.23. The number of unbranched alkanes of at least 4 members (excludes halogenated alkanes) is 5. The van der Waals surface area contributed by atoms with Crippen molar-refractivity contribution in [1.82, 2.24) is 9.80 Å². The van der Waals surface area contributed by atoms with Crippen LogP contribution in [0, 0.1) is 0 Å². The lowest BCUT2D eigenvalue weighted by Gasteiger charge is -2.24. The number of likely N-dealkylation sites (tertiary alicyclic amines) is 1. The number of hydrogen-bond acceptors (Lipinski definition) is 5. The fourth-order valence-electron chi connectivity index (χ4n) is 4.93. The van der Waals surface area contributed by atoms with Gasteiger partial charge in [-0.3, -0.25) is 0 Å². The molecule has 1 aliphatic rings. The second-order valence-corrected chi connectivity index (χ2v) is 11.1. The second-order valence-electron chi connectivity index (χ2n) is 10.7. The first-order chi connectivity index (χ1) is 19.4. The van der Waals surface area contributed by atoms with E-state index < -0.39 is 6.09 Å². The van der Waals surface area contributed by atoms with Gasteiger partial charge in [-0.15, -0.1) is 0 Å². The molecule has 1 saturated heterocycles. The Balaban J connectivity index is 1.56. The van der Waals surface area contributed by atoms with Crippen LogP contribution in [0.15, 0.2) is 48.5 Å². The minimum absolute atomic E-state index is 0.149. The van der Waals surface area contributed by atoms with Crippen molar-refractivity contribution in [3.8, 4) is 5.75 Å². The fourth-order valence-corrected chi connectivity index (χ4v) is 5.09. The van der Waals surface area contributed by atoms with Gasteiger partial charge in [-0.1, -0.05) is 87.0 Å². The van der Waals surface area contributed by atoms with E-state index in [1.54, 1.807) is 19.0 Å². The number of nitrogens with zero attached hydrogens (tertiary/aromatic N) is 2. The van der Waals surface area contributed by atoms with Crippen molar-refractivity contribution in [2.75, 3.05) is 33.9 Å². The zero-order valence-corrected chi connectivity index (χ0v) is 25.0. The van der Waals surface area contributed by atoms with Gasteiger partial charge in [0.15, 0.2) is 0 Å². The van der Waals surface area contributed by atoms with Crippen LogP contribution in [0.2, 0.25) is 5.02 Å². The molecule has 2 atom stereocenters. The number of benzene rings is 2.